The van der Waals surface area contributed by atoms with Crippen LogP contribution in [0.5, 0.6) is 17.2 Å². The van der Waals surface area contributed by atoms with E-state index in [2.05, 4.69) is 0 Å². The van der Waals surface area contributed by atoms with Crippen molar-refractivity contribution >= 4 is 10.0 Å². The topological polar surface area (TPSA) is 65.1 Å². The third-order valence-corrected chi connectivity index (χ3v) is 6.80. The molecular weight excluding hydrogens is 354 g/mol. The Hall–Kier alpha value is -2.25. The van der Waals surface area contributed by atoms with E-state index in [0.717, 1.165) is 16.9 Å². The van der Waals surface area contributed by atoms with E-state index in [-0.39, 0.29) is 16.7 Å². The molecule has 1 heterocycles. The Morgan fingerprint density at radius 1 is 0.962 bits per heavy atom. The summed E-state index contributed by atoms with van der Waals surface area (Å²) in [5.74, 6) is 1.53. The van der Waals surface area contributed by atoms with Crippen molar-refractivity contribution < 1.29 is 22.6 Å². The SMILES string of the molecule is COc1ccc(S(=O)(=O)N2CCc3ccc(OC)cc3C2C)c(OC)c1. The zero-order chi connectivity index (χ0) is 18.9. The minimum Gasteiger partial charge on any atom is -0.497 e. The molecule has 7 heteroatoms. The van der Waals surface area contributed by atoms with Crippen molar-refractivity contribution in [1.82, 2.24) is 4.31 Å². The summed E-state index contributed by atoms with van der Waals surface area (Å²) in [6, 6.07) is 10.3. The van der Waals surface area contributed by atoms with Gasteiger partial charge in [0, 0.05) is 18.7 Å². The molecule has 140 valence electrons. The van der Waals surface area contributed by atoms with Gasteiger partial charge in [0.1, 0.15) is 22.1 Å². The summed E-state index contributed by atoms with van der Waals surface area (Å²) in [6.45, 7) is 2.31. The van der Waals surface area contributed by atoms with Gasteiger partial charge in [0.05, 0.1) is 21.3 Å². The average Bonchev–Trinajstić information content (AvgIpc) is 2.67. The Morgan fingerprint density at radius 2 is 1.62 bits per heavy atom. The Labute approximate surface area is 154 Å². The minimum atomic E-state index is -3.73. The largest absolute Gasteiger partial charge is 0.497 e. The molecule has 0 amide bonds. The molecule has 26 heavy (non-hydrogen) atoms. The number of nitrogens with zero attached hydrogens (tertiary/aromatic N) is 1. The van der Waals surface area contributed by atoms with Gasteiger partial charge in [-0.15, -0.1) is 0 Å². The van der Waals surface area contributed by atoms with E-state index in [1.165, 1.54) is 24.6 Å². The van der Waals surface area contributed by atoms with Crippen LogP contribution >= 0.6 is 0 Å². The molecule has 1 unspecified atom stereocenters. The molecule has 0 spiro atoms. The molecule has 6 nitrogen and oxygen atoms in total. The molecule has 0 saturated heterocycles. The number of benzene rings is 2. The fourth-order valence-corrected chi connectivity index (χ4v) is 5.09. The van der Waals surface area contributed by atoms with Gasteiger partial charge in [-0.3, -0.25) is 0 Å². The second-order valence-electron chi connectivity index (χ2n) is 6.12. The van der Waals surface area contributed by atoms with Crippen molar-refractivity contribution in [3.63, 3.8) is 0 Å². The Bertz CT molecular complexity index is 910. The van der Waals surface area contributed by atoms with Crippen LogP contribution in [0.15, 0.2) is 41.3 Å². The molecule has 3 rings (SSSR count). The van der Waals surface area contributed by atoms with Crippen LogP contribution in [0.4, 0.5) is 0 Å². The first-order valence-electron chi connectivity index (χ1n) is 8.33. The van der Waals surface area contributed by atoms with Gasteiger partial charge in [-0.1, -0.05) is 6.07 Å². The highest BCUT2D eigenvalue weighted by molar-refractivity contribution is 7.89. The monoisotopic (exact) mass is 377 g/mol. The van der Waals surface area contributed by atoms with Crippen LogP contribution < -0.4 is 14.2 Å². The summed E-state index contributed by atoms with van der Waals surface area (Å²) in [5.41, 5.74) is 2.11. The van der Waals surface area contributed by atoms with E-state index in [1.54, 1.807) is 19.2 Å². The van der Waals surface area contributed by atoms with Gasteiger partial charge >= 0.3 is 0 Å². The van der Waals surface area contributed by atoms with Gasteiger partial charge in [-0.2, -0.15) is 4.31 Å². The number of sulfonamides is 1. The van der Waals surface area contributed by atoms with E-state index in [1.807, 2.05) is 25.1 Å². The van der Waals surface area contributed by atoms with Crippen molar-refractivity contribution in [3.8, 4) is 17.2 Å². The lowest BCUT2D eigenvalue weighted by Gasteiger charge is -2.34. The summed E-state index contributed by atoms with van der Waals surface area (Å²) in [5, 5.41) is 0. The Kier molecular flexibility index (Phi) is 5.11. The fraction of sp³-hybridized carbons (Fsp3) is 0.368. The molecule has 0 N–H and O–H groups in total. The first-order valence-corrected chi connectivity index (χ1v) is 9.77. The first-order chi connectivity index (χ1) is 12.4. The van der Waals surface area contributed by atoms with Gasteiger partial charge in [-0.05, 0) is 48.7 Å². The highest BCUT2D eigenvalue weighted by Crippen LogP contribution is 2.38. The van der Waals surface area contributed by atoms with Crippen LogP contribution in [0.1, 0.15) is 24.1 Å². The molecular formula is C19H23NO5S. The number of rotatable bonds is 5. The van der Waals surface area contributed by atoms with E-state index < -0.39 is 10.0 Å². The summed E-state index contributed by atoms with van der Waals surface area (Å²) in [7, 11) is 0.854. The number of hydrogen-bond acceptors (Lipinski definition) is 5. The minimum absolute atomic E-state index is 0.138. The zero-order valence-corrected chi connectivity index (χ0v) is 16.2. The highest BCUT2D eigenvalue weighted by atomic mass is 32.2. The van der Waals surface area contributed by atoms with E-state index in [4.69, 9.17) is 14.2 Å². The molecule has 2 aromatic rings. The first kappa shape index (κ1) is 18.5. The molecule has 0 fully saturated rings. The van der Waals surface area contributed by atoms with Crippen molar-refractivity contribution in [3.05, 3.63) is 47.5 Å². The zero-order valence-electron chi connectivity index (χ0n) is 15.4. The maximum Gasteiger partial charge on any atom is 0.247 e. The molecule has 1 aliphatic rings. The fourth-order valence-electron chi connectivity index (χ4n) is 3.34. The number of methoxy groups -OCH3 is 3. The molecule has 0 saturated carbocycles. The second-order valence-corrected chi connectivity index (χ2v) is 7.98. The lowest BCUT2D eigenvalue weighted by atomic mass is 9.95. The summed E-state index contributed by atoms with van der Waals surface area (Å²) in [4.78, 5) is 0.138. The molecule has 0 aliphatic carbocycles. The van der Waals surface area contributed by atoms with E-state index in [0.29, 0.717) is 18.7 Å². The predicted octanol–water partition coefficient (Wildman–Crippen LogP) is 3.02. The van der Waals surface area contributed by atoms with Crippen molar-refractivity contribution in [1.29, 1.82) is 0 Å². The summed E-state index contributed by atoms with van der Waals surface area (Å²) >= 11 is 0. The van der Waals surface area contributed by atoms with Gasteiger partial charge in [-0.25, -0.2) is 8.42 Å². The van der Waals surface area contributed by atoms with Gasteiger partial charge in [0.2, 0.25) is 10.0 Å². The molecule has 1 aliphatic heterocycles. The van der Waals surface area contributed by atoms with Crippen molar-refractivity contribution in [2.45, 2.75) is 24.3 Å². The molecule has 0 bridgehead atoms. The number of ether oxygens (including phenoxy) is 3. The average molecular weight is 377 g/mol. The lowest BCUT2D eigenvalue weighted by molar-refractivity contribution is 0.321. The van der Waals surface area contributed by atoms with Crippen LogP contribution in [-0.4, -0.2) is 40.6 Å². The predicted molar refractivity (Wildman–Crippen MR) is 98.6 cm³/mol. The highest BCUT2D eigenvalue weighted by Gasteiger charge is 2.35. The lowest BCUT2D eigenvalue weighted by Crippen LogP contribution is -2.39. The van der Waals surface area contributed by atoms with Gasteiger partial charge in [0.15, 0.2) is 0 Å². The van der Waals surface area contributed by atoms with Crippen molar-refractivity contribution in [2.24, 2.45) is 0 Å². The Morgan fingerprint density at radius 3 is 2.27 bits per heavy atom. The van der Waals surface area contributed by atoms with Crippen molar-refractivity contribution in [2.75, 3.05) is 27.9 Å². The molecule has 0 radical (unpaired) electrons. The Balaban J connectivity index is 2.03. The van der Waals surface area contributed by atoms with Gasteiger partial charge in [0.25, 0.3) is 0 Å². The third-order valence-electron chi connectivity index (χ3n) is 4.79. The maximum absolute atomic E-state index is 13.3. The van der Waals surface area contributed by atoms with Gasteiger partial charge < -0.3 is 14.2 Å². The van der Waals surface area contributed by atoms with E-state index in [9.17, 15) is 8.42 Å². The standard InChI is InChI=1S/C19H23NO5S/c1-13-17-11-15(23-2)6-5-14(17)9-10-20(13)26(21,22)19-8-7-16(24-3)12-18(19)25-4/h5-8,11-13H,9-10H2,1-4H3. The quantitative estimate of drug-likeness (QED) is 0.801. The molecule has 1 atom stereocenters. The second kappa shape index (κ2) is 7.17. The van der Waals surface area contributed by atoms with Crippen LogP contribution in [0, 0.1) is 0 Å². The summed E-state index contributed by atoms with van der Waals surface area (Å²) in [6.07, 6.45) is 0.654. The van der Waals surface area contributed by atoms with E-state index >= 15 is 0 Å². The molecule has 2 aromatic carbocycles. The summed E-state index contributed by atoms with van der Waals surface area (Å²) < 4.78 is 43.9. The van der Waals surface area contributed by atoms with Crippen LogP contribution in [-0.2, 0) is 16.4 Å². The number of hydrogen-bond donors (Lipinski definition) is 0. The maximum atomic E-state index is 13.3. The smallest absolute Gasteiger partial charge is 0.247 e. The van der Waals surface area contributed by atoms with Crippen LogP contribution in [0.2, 0.25) is 0 Å². The normalized spacial score (nSPS) is 17.5. The van der Waals surface area contributed by atoms with Crippen LogP contribution in [0.25, 0.3) is 0 Å². The molecule has 0 aromatic heterocycles. The van der Waals surface area contributed by atoms with Crippen LogP contribution in [0.3, 0.4) is 0 Å². The number of fused-ring (bicyclic) bond motifs is 1. The third kappa shape index (κ3) is 3.12.